The lowest BCUT2D eigenvalue weighted by atomic mass is 10.4. The molecule has 0 aliphatic carbocycles. The van der Waals surface area contributed by atoms with Gasteiger partial charge in [-0.05, 0) is 6.92 Å². The van der Waals surface area contributed by atoms with E-state index in [0.29, 0.717) is 6.61 Å². The van der Waals surface area contributed by atoms with Crippen LogP contribution in [0.3, 0.4) is 0 Å². The zero-order valence-electron chi connectivity index (χ0n) is 9.47. The molecule has 0 amide bonds. The number of aromatic nitrogens is 4. The van der Waals surface area contributed by atoms with Gasteiger partial charge in [-0.25, -0.2) is 15.0 Å². The van der Waals surface area contributed by atoms with Crippen LogP contribution >= 0.6 is 0 Å². The number of rotatable bonds is 5. The van der Waals surface area contributed by atoms with Crippen LogP contribution in [0.5, 0.6) is 0 Å². The molecule has 86 valence electrons. The van der Waals surface area contributed by atoms with E-state index in [9.17, 15) is 0 Å². The van der Waals surface area contributed by atoms with Gasteiger partial charge < -0.3 is 14.6 Å². The Morgan fingerprint density at radius 3 is 3.00 bits per heavy atom. The maximum atomic E-state index is 5.03. The fraction of sp³-hybridized carbons (Fsp3) is 0.500. The van der Waals surface area contributed by atoms with Gasteiger partial charge in [-0.15, -0.1) is 0 Å². The Labute approximate surface area is 93.7 Å². The molecule has 0 saturated heterocycles. The van der Waals surface area contributed by atoms with E-state index >= 15 is 0 Å². The summed E-state index contributed by atoms with van der Waals surface area (Å²) in [5.41, 5.74) is 1.64. The quantitative estimate of drug-likeness (QED) is 0.812. The molecule has 1 N–H and O–H groups in total. The number of hydrogen-bond acceptors (Lipinski definition) is 5. The maximum absolute atomic E-state index is 5.03. The molecule has 6 nitrogen and oxygen atoms in total. The minimum atomic E-state index is 0.645. The third kappa shape index (κ3) is 1.96. The van der Waals surface area contributed by atoms with Gasteiger partial charge in [-0.2, -0.15) is 0 Å². The fourth-order valence-corrected chi connectivity index (χ4v) is 1.53. The average molecular weight is 221 g/mol. The average Bonchev–Trinajstić information content (AvgIpc) is 2.71. The van der Waals surface area contributed by atoms with Crippen LogP contribution in [-0.2, 0) is 11.3 Å². The number of nitrogens with zero attached hydrogens (tertiary/aromatic N) is 4. The van der Waals surface area contributed by atoms with E-state index in [1.165, 1.54) is 0 Å². The van der Waals surface area contributed by atoms with Gasteiger partial charge in [0.05, 0.1) is 12.9 Å². The molecule has 2 aromatic rings. The molecule has 0 saturated carbocycles. The second-order valence-corrected chi connectivity index (χ2v) is 3.36. The van der Waals surface area contributed by atoms with Crippen molar-refractivity contribution in [2.24, 2.45) is 0 Å². The lowest BCUT2D eigenvalue weighted by Crippen LogP contribution is -2.05. The van der Waals surface area contributed by atoms with Gasteiger partial charge in [0.1, 0.15) is 11.8 Å². The highest BCUT2D eigenvalue weighted by Crippen LogP contribution is 2.16. The van der Waals surface area contributed by atoms with Gasteiger partial charge >= 0.3 is 0 Å². The number of ether oxygens (including phenoxy) is 1. The molecule has 0 atom stereocenters. The summed E-state index contributed by atoms with van der Waals surface area (Å²) in [6.45, 7) is 4.23. The third-order valence-electron chi connectivity index (χ3n) is 2.28. The molecule has 0 bridgehead atoms. The first kappa shape index (κ1) is 10.8. The largest absolute Gasteiger partial charge is 0.383 e. The van der Waals surface area contributed by atoms with E-state index in [0.717, 1.165) is 30.1 Å². The summed E-state index contributed by atoms with van der Waals surface area (Å²) in [5.74, 6) is 0.781. The van der Waals surface area contributed by atoms with E-state index in [2.05, 4.69) is 20.3 Å². The molecule has 2 heterocycles. The predicted molar refractivity (Wildman–Crippen MR) is 61.4 cm³/mol. The Kier molecular flexibility index (Phi) is 3.31. The van der Waals surface area contributed by atoms with Gasteiger partial charge in [0, 0.05) is 20.2 Å². The smallest absolute Gasteiger partial charge is 0.165 e. The molecule has 0 unspecified atom stereocenters. The molecule has 0 radical (unpaired) electrons. The molecular formula is C10H15N5O. The van der Waals surface area contributed by atoms with Crippen molar-refractivity contribution in [2.45, 2.75) is 13.5 Å². The van der Waals surface area contributed by atoms with Crippen LogP contribution in [-0.4, -0.2) is 39.8 Å². The van der Waals surface area contributed by atoms with Gasteiger partial charge in [-0.3, -0.25) is 0 Å². The normalized spacial score (nSPS) is 10.9. The van der Waals surface area contributed by atoms with Crippen LogP contribution < -0.4 is 5.32 Å². The molecule has 6 heteroatoms. The van der Waals surface area contributed by atoms with Crippen molar-refractivity contribution in [3.05, 3.63) is 12.7 Å². The second-order valence-electron chi connectivity index (χ2n) is 3.36. The van der Waals surface area contributed by atoms with Crippen molar-refractivity contribution in [3.63, 3.8) is 0 Å². The number of anilines is 1. The van der Waals surface area contributed by atoms with E-state index in [1.807, 2.05) is 11.5 Å². The fourth-order valence-electron chi connectivity index (χ4n) is 1.53. The molecule has 0 fully saturated rings. The van der Waals surface area contributed by atoms with Gasteiger partial charge in [0.25, 0.3) is 0 Å². The molecule has 0 aromatic carbocycles. The van der Waals surface area contributed by atoms with E-state index in [4.69, 9.17) is 4.74 Å². The SMILES string of the molecule is CCNc1ncnc2c1ncn2CCOC. The van der Waals surface area contributed by atoms with Crippen molar-refractivity contribution in [3.8, 4) is 0 Å². The second kappa shape index (κ2) is 4.89. The Balaban J connectivity index is 2.36. The van der Waals surface area contributed by atoms with Crippen LogP contribution in [0.1, 0.15) is 6.92 Å². The Morgan fingerprint density at radius 2 is 2.25 bits per heavy atom. The number of fused-ring (bicyclic) bond motifs is 1. The van der Waals surface area contributed by atoms with Crippen molar-refractivity contribution < 1.29 is 4.74 Å². The summed E-state index contributed by atoms with van der Waals surface area (Å²) in [4.78, 5) is 12.7. The summed E-state index contributed by atoms with van der Waals surface area (Å²) >= 11 is 0. The predicted octanol–water partition coefficient (Wildman–Crippen LogP) is 0.904. The molecular weight excluding hydrogens is 206 g/mol. The zero-order chi connectivity index (χ0) is 11.4. The summed E-state index contributed by atoms with van der Waals surface area (Å²) in [6.07, 6.45) is 3.31. The maximum Gasteiger partial charge on any atom is 0.165 e. The van der Waals surface area contributed by atoms with E-state index in [-0.39, 0.29) is 0 Å². The molecule has 0 aliphatic rings. The highest BCUT2D eigenvalue weighted by Gasteiger charge is 2.08. The number of imidazole rings is 1. The lowest BCUT2D eigenvalue weighted by molar-refractivity contribution is 0.188. The van der Waals surface area contributed by atoms with Crippen LogP contribution in [0.4, 0.5) is 5.82 Å². The van der Waals surface area contributed by atoms with Gasteiger partial charge in [-0.1, -0.05) is 0 Å². The standard InChI is InChI=1S/C10H15N5O/c1-3-11-9-8-10(13-6-12-9)15(7-14-8)4-5-16-2/h6-7H,3-5H2,1-2H3,(H,11,12,13). The van der Waals surface area contributed by atoms with Gasteiger partial charge in [0.2, 0.25) is 0 Å². The minimum Gasteiger partial charge on any atom is -0.383 e. The van der Waals surface area contributed by atoms with Crippen molar-refractivity contribution >= 4 is 17.0 Å². The van der Waals surface area contributed by atoms with Gasteiger partial charge in [0.15, 0.2) is 11.5 Å². The Bertz CT molecular complexity index is 467. The van der Waals surface area contributed by atoms with E-state index in [1.54, 1.807) is 19.8 Å². The highest BCUT2D eigenvalue weighted by atomic mass is 16.5. The van der Waals surface area contributed by atoms with Crippen molar-refractivity contribution in [1.29, 1.82) is 0 Å². The summed E-state index contributed by atoms with van der Waals surface area (Å²) in [7, 11) is 1.68. The van der Waals surface area contributed by atoms with Crippen molar-refractivity contribution in [1.82, 2.24) is 19.5 Å². The summed E-state index contributed by atoms with van der Waals surface area (Å²) in [6, 6.07) is 0. The molecule has 16 heavy (non-hydrogen) atoms. The minimum absolute atomic E-state index is 0.645. The summed E-state index contributed by atoms with van der Waals surface area (Å²) in [5, 5.41) is 3.16. The first-order valence-electron chi connectivity index (χ1n) is 5.25. The van der Waals surface area contributed by atoms with E-state index < -0.39 is 0 Å². The van der Waals surface area contributed by atoms with Crippen LogP contribution in [0.25, 0.3) is 11.2 Å². The Hall–Kier alpha value is -1.69. The van der Waals surface area contributed by atoms with Crippen LogP contribution in [0.2, 0.25) is 0 Å². The lowest BCUT2D eigenvalue weighted by Gasteiger charge is -2.04. The first-order chi connectivity index (χ1) is 7.86. The van der Waals surface area contributed by atoms with Crippen LogP contribution in [0, 0.1) is 0 Å². The number of nitrogens with one attached hydrogen (secondary N) is 1. The molecule has 2 aromatic heterocycles. The molecule has 0 aliphatic heterocycles. The van der Waals surface area contributed by atoms with Crippen LogP contribution in [0.15, 0.2) is 12.7 Å². The molecule has 0 spiro atoms. The zero-order valence-corrected chi connectivity index (χ0v) is 9.47. The third-order valence-corrected chi connectivity index (χ3v) is 2.28. The molecule has 2 rings (SSSR count). The first-order valence-corrected chi connectivity index (χ1v) is 5.25. The monoisotopic (exact) mass is 221 g/mol. The number of hydrogen-bond donors (Lipinski definition) is 1. The summed E-state index contributed by atoms with van der Waals surface area (Å²) < 4.78 is 6.99. The van der Waals surface area contributed by atoms with Crippen molar-refractivity contribution in [2.75, 3.05) is 25.6 Å². The highest BCUT2D eigenvalue weighted by molar-refractivity contribution is 5.82. The number of methoxy groups -OCH3 is 1. The topological polar surface area (TPSA) is 64.9 Å². The Morgan fingerprint density at radius 1 is 1.38 bits per heavy atom.